The fourth-order valence-electron chi connectivity index (χ4n) is 2.39. The van der Waals surface area contributed by atoms with Crippen molar-refractivity contribution in [3.8, 4) is 0 Å². The van der Waals surface area contributed by atoms with Gasteiger partial charge in [0.15, 0.2) is 0 Å². The van der Waals surface area contributed by atoms with E-state index in [1.165, 1.54) is 4.90 Å². The lowest BCUT2D eigenvalue weighted by molar-refractivity contribution is -0.140. The number of hydrogen-bond donors (Lipinski definition) is 1. The minimum atomic E-state index is -0.678. The first kappa shape index (κ1) is 15.8. The van der Waals surface area contributed by atoms with Crippen molar-refractivity contribution < 1.29 is 14.7 Å². The maximum Gasteiger partial charge on any atom is 0.239 e. The van der Waals surface area contributed by atoms with Crippen molar-refractivity contribution in [2.75, 3.05) is 25.1 Å². The number of carbonyl (C=O) groups is 2. The Bertz CT molecular complexity index is 549. The van der Waals surface area contributed by atoms with Gasteiger partial charge in [-0.1, -0.05) is 17.7 Å². The number of benzene rings is 1. The van der Waals surface area contributed by atoms with Gasteiger partial charge < -0.3 is 14.9 Å². The molecule has 1 aromatic rings. The predicted molar refractivity (Wildman–Crippen MR) is 81.2 cm³/mol. The van der Waals surface area contributed by atoms with Crippen LogP contribution in [0.4, 0.5) is 5.69 Å². The number of hydrogen-bond acceptors (Lipinski definition) is 3. The molecule has 1 fully saturated rings. The summed E-state index contributed by atoms with van der Waals surface area (Å²) in [5.74, 6) is -1.13. The van der Waals surface area contributed by atoms with Gasteiger partial charge in [-0.3, -0.25) is 9.59 Å². The molecule has 2 rings (SSSR count). The van der Waals surface area contributed by atoms with Crippen LogP contribution >= 0.6 is 11.6 Å². The van der Waals surface area contributed by atoms with Crippen LogP contribution in [-0.2, 0) is 9.59 Å². The highest BCUT2D eigenvalue weighted by molar-refractivity contribution is 6.31. The van der Waals surface area contributed by atoms with Crippen LogP contribution in [0.3, 0.4) is 0 Å². The third-order valence-electron chi connectivity index (χ3n) is 3.90. The van der Waals surface area contributed by atoms with Crippen molar-refractivity contribution >= 4 is 29.1 Å². The Morgan fingerprint density at radius 2 is 2.29 bits per heavy atom. The summed E-state index contributed by atoms with van der Waals surface area (Å²) in [6.45, 7) is 2.12. The molecule has 1 aliphatic rings. The van der Waals surface area contributed by atoms with Gasteiger partial charge in [0.25, 0.3) is 0 Å². The van der Waals surface area contributed by atoms with Crippen molar-refractivity contribution in [1.29, 1.82) is 0 Å². The lowest BCUT2D eigenvalue weighted by Crippen LogP contribution is -2.43. The predicted octanol–water partition coefficient (Wildman–Crippen LogP) is 1.53. The van der Waals surface area contributed by atoms with E-state index in [0.29, 0.717) is 23.7 Å². The first-order valence-corrected chi connectivity index (χ1v) is 7.28. The first-order valence-electron chi connectivity index (χ1n) is 6.90. The van der Waals surface area contributed by atoms with Crippen LogP contribution in [0.1, 0.15) is 13.3 Å². The number of aliphatic hydroxyl groups is 1. The topological polar surface area (TPSA) is 60.9 Å². The zero-order valence-electron chi connectivity index (χ0n) is 12.1. The summed E-state index contributed by atoms with van der Waals surface area (Å²) in [7, 11) is 1.61. The highest BCUT2D eigenvalue weighted by Gasteiger charge is 2.39. The van der Waals surface area contributed by atoms with Crippen molar-refractivity contribution in [2.45, 2.75) is 19.4 Å². The Kier molecular flexibility index (Phi) is 4.85. The Balaban J connectivity index is 2.13. The highest BCUT2D eigenvalue weighted by Crippen LogP contribution is 2.28. The number of amides is 2. The number of rotatable bonds is 4. The molecule has 0 radical (unpaired) electrons. The van der Waals surface area contributed by atoms with Gasteiger partial charge in [-0.2, -0.15) is 0 Å². The Hall–Kier alpha value is -1.59. The van der Waals surface area contributed by atoms with Crippen molar-refractivity contribution in [2.24, 2.45) is 5.92 Å². The SMILES string of the molecule is CC(CO)N(C)C(=O)C1CCN(c2cccc(Cl)c2)C1=O. The lowest BCUT2D eigenvalue weighted by atomic mass is 10.1. The fourth-order valence-corrected chi connectivity index (χ4v) is 2.58. The van der Waals surface area contributed by atoms with E-state index in [1.807, 2.05) is 0 Å². The second-order valence-corrected chi connectivity index (χ2v) is 5.73. The van der Waals surface area contributed by atoms with Gasteiger partial charge in [-0.05, 0) is 31.5 Å². The minimum Gasteiger partial charge on any atom is -0.394 e. The second kappa shape index (κ2) is 6.45. The molecule has 0 saturated carbocycles. The largest absolute Gasteiger partial charge is 0.394 e. The highest BCUT2D eigenvalue weighted by atomic mass is 35.5. The minimum absolute atomic E-state index is 0.124. The number of likely N-dealkylation sites (N-methyl/N-ethyl adjacent to an activating group) is 1. The van der Waals surface area contributed by atoms with Crippen LogP contribution < -0.4 is 4.90 Å². The summed E-state index contributed by atoms with van der Waals surface area (Å²) in [5, 5.41) is 9.68. The first-order chi connectivity index (χ1) is 9.95. The van der Waals surface area contributed by atoms with Gasteiger partial charge in [0.2, 0.25) is 11.8 Å². The Labute approximate surface area is 129 Å². The van der Waals surface area contributed by atoms with Crippen LogP contribution in [0.15, 0.2) is 24.3 Å². The fraction of sp³-hybridized carbons (Fsp3) is 0.467. The van der Waals surface area contributed by atoms with E-state index in [4.69, 9.17) is 16.7 Å². The van der Waals surface area contributed by atoms with Crippen LogP contribution in [-0.4, -0.2) is 48.1 Å². The summed E-state index contributed by atoms with van der Waals surface area (Å²) >= 11 is 5.94. The van der Waals surface area contributed by atoms with Crippen molar-refractivity contribution in [1.82, 2.24) is 4.90 Å². The molecule has 1 heterocycles. The summed E-state index contributed by atoms with van der Waals surface area (Å²) in [6.07, 6.45) is 0.479. The zero-order chi connectivity index (χ0) is 15.6. The summed E-state index contributed by atoms with van der Waals surface area (Å²) in [5.41, 5.74) is 0.709. The number of anilines is 1. The summed E-state index contributed by atoms with van der Waals surface area (Å²) in [6, 6.07) is 6.74. The van der Waals surface area contributed by atoms with E-state index in [1.54, 1.807) is 43.1 Å². The molecule has 114 valence electrons. The van der Waals surface area contributed by atoms with Crippen LogP contribution in [0.2, 0.25) is 5.02 Å². The third-order valence-corrected chi connectivity index (χ3v) is 4.13. The average Bonchev–Trinajstić information content (AvgIpc) is 2.86. The van der Waals surface area contributed by atoms with Gasteiger partial charge >= 0.3 is 0 Å². The lowest BCUT2D eigenvalue weighted by Gasteiger charge is -2.25. The maximum absolute atomic E-state index is 12.4. The van der Waals surface area contributed by atoms with Crippen LogP contribution in [0.25, 0.3) is 0 Å². The quantitative estimate of drug-likeness (QED) is 0.858. The second-order valence-electron chi connectivity index (χ2n) is 5.29. The molecule has 2 amide bonds. The van der Waals surface area contributed by atoms with Gasteiger partial charge in [-0.25, -0.2) is 0 Å². The number of carbonyl (C=O) groups excluding carboxylic acids is 2. The van der Waals surface area contributed by atoms with Gasteiger partial charge in [0.05, 0.1) is 12.6 Å². The van der Waals surface area contributed by atoms with E-state index in [0.717, 1.165) is 0 Å². The summed E-state index contributed by atoms with van der Waals surface area (Å²) < 4.78 is 0. The zero-order valence-corrected chi connectivity index (χ0v) is 12.9. The smallest absolute Gasteiger partial charge is 0.239 e. The molecule has 6 heteroatoms. The van der Waals surface area contributed by atoms with Crippen LogP contribution in [0.5, 0.6) is 0 Å². The molecule has 2 atom stereocenters. The number of nitrogens with zero attached hydrogens (tertiary/aromatic N) is 2. The molecule has 21 heavy (non-hydrogen) atoms. The Morgan fingerprint density at radius 1 is 1.57 bits per heavy atom. The van der Waals surface area contributed by atoms with Crippen molar-refractivity contribution in [3.05, 3.63) is 29.3 Å². The van der Waals surface area contributed by atoms with E-state index in [2.05, 4.69) is 0 Å². The normalized spacial score (nSPS) is 19.7. The molecule has 5 nitrogen and oxygen atoms in total. The third kappa shape index (κ3) is 3.19. The number of halogens is 1. The molecule has 0 bridgehead atoms. The molecule has 0 aromatic heterocycles. The van der Waals surface area contributed by atoms with E-state index in [9.17, 15) is 9.59 Å². The van der Waals surface area contributed by atoms with Crippen LogP contribution in [0, 0.1) is 5.92 Å². The van der Waals surface area contributed by atoms with Gasteiger partial charge in [0.1, 0.15) is 5.92 Å². The van der Waals surface area contributed by atoms with E-state index >= 15 is 0 Å². The molecule has 0 spiro atoms. The number of aliphatic hydroxyl groups excluding tert-OH is 1. The molecular formula is C15H19ClN2O3. The molecule has 1 aliphatic heterocycles. The molecular weight excluding hydrogens is 292 g/mol. The molecule has 0 aliphatic carbocycles. The summed E-state index contributed by atoms with van der Waals surface area (Å²) in [4.78, 5) is 27.8. The molecule has 1 saturated heterocycles. The van der Waals surface area contributed by atoms with Gasteiger partial charge in [0, 0.05) is 24.3 Å². The monoisotopic (exact) mass is 310 g/mol. The van der Waals surface area contributed by atoms with Gasteiger partial charge in [-0.15, -0.1) is 0 Å². The standard InChI is InChI=1S/C15H19ClN2O3/c1-10(9-19)17(2)14(20)13-6-7-18(15(13)21)12-5-3-4-11(16)8-12/h3-5,8,10,13,19H,6-7,9H2,1-2H3. The maximum atomic E-state index is 12.4. The van der Waals surface area contributed by atoms with E-state index in [-0.39, 0.29) is 24.5 Å². The van der Waals surface area contributed by atoms with E-state index < -0.39 is 5.92 Å². The molecule has 1 aromatic carbocycles. The Morgan fingerprint density at radius 3 is 2.90 bits per heavy atom. The molecule has 2 unspecified atom stereocenters. The van der Waals surface area contributed by atoms with Crippen molar-refractivity contribution in [3.63, 3.8) is 0 Å². The average molecular weight is 311 g/mol. The molecule has 1 N–H and O–H groups in total.